The third kappa shape index (κ3) is 7.52. The molecule has 0 bridgehead atoms. The van der Waals surface area contributed by atoms with Gasteiger partial charge in [-0.15, -0.1) is 0 Å². The molecule has 1 aromatic rings. The minimum atomic E-state index is -0.399. The van der Waals surface area contributed by atoms with Crippen LogP contribution < -0.4 is 4.74 Å². The molecule has 0 aromatic heterocycles. The van der Waals surface area contributed by atoms with Gasteiger partial charge in [0.1, 0.15) is 11.9 Å². The van der Waals surface area contributed by atoms with Gasteiger partial charge < -0.3 is 23.7 Å². The zero-order chi connectivity index (χ0) is 21.9. The lowest BCUT2D eigenvalue weighted by atomic mass is 10.1. The Bertz CT molecular complexity index is 756. The number of carbonyl (C=O) groups is 2. The van der Waals surface area contributed by atoms with Gasteiger partial charge in [-0.1, -0.05) is 18.7 Å². The summed E-state index contributed by atoms with van der Waals surface area (Å²) >= 11 is 0. The number of esters is 2. The van der Waals surface area contributed by atoms with Gasteiger partial charge in [0, 0.05) is 18.8 Å². The van der Waals surface area contributed by atoms with E-state index in [0.29, 0.717) is 26.4 Å². The fourth-order valence-electron chi connectivity index (χ4n) is 3.54. The van der Waals surface area contributed by atoms with Crippen molar-refractivity contribution in [1.82, 2.24) is 0 Å². The van der Waals surface area contributed by atoms with E-state index in [1.54, 1.807) is 6.08 Å². The van der Waals surface area contributed by atoms with E-state index < -0.39 is 5.97 Å². The largest absolute Gasteiger partial charge is 0.494 e. The number of ether oxygens (including phenoxy) is 5. The van der Waals surface area contributed by atoms with Crippen molar-refractivity contribution in [3.05, 3.63) is 48.6 Å². The quantitative estimate of drug-likeness (QED) is 0.285. The zero-order valence-electron chi connectivity index (χ0n) is 17.7. The van der Waals surface area contributed by atoms with Crippen LogP contribution in [0, 0.1) is 0 Å². The molecule has 0 aliphatic carbocycles. The number of unbranched alkanes of at least 4 members (excludes halogenated alkanes) is 3. The molecule has 1 aromatic carbocycles. The first-order valence-corrected chi connectivity index (χ1v) is 10.8. The zero-order valence-corrected chi connectivity index (χ0v) is 17.7. The number of hydrogen-bond donors (Lipinski definition) is 0. The van der Waals surface area contributed by atoms with Crippen LogP contribution in [0.1, 0.15) is 37.7 Å². The Kier molecular flexibility index (Phi) is 9.12. The monoisotopic (exact) mass is 430 g/mol. The van der Waals surface area contributed by atoms with E-state index in [1.165, 1.54) is 12.2 Å². The molecule has 7 nitrogen and oxygen atoms in total. The van der Waals surface area contributed by atoms with Crippen molar-refractivity contribution in [2.24, 2.45) is 0 Å². The third-order valence-corrected chi connectivity index (χ3v) is 5.20. The van der Waals surface area contributed by atoms with Crippen molar-refractivity contribution in [3.63, 3.8) is 0 Å². The molecular formula is C24H30O7. The van der Waals surface area contributed by atoms with E-state index in [1.807, 2.05) is 24.3 Å². The number of hydrogen-bond acceptors (Lipinski definition) is 7. The number of benzene rings is 1. The Hall–Kier alpha value is -2.64. The van der Waals surface area contributed by atoms with Crippen molar-refractivity contribution >= 4 is 18.0 Å². The highest BCUT2D eigenvalue weighted by Gasteiger charge is 2.43. The van der Waals surface area contributed by atoms with Gasteiger partial charge in [-0.3, -0.25) is 0 Å². The third-order valence-electron chi connectivity index (χ3n) is 5.20. The van der Waals surface area contributed by atoms with Gasteiger partial charge in [-0.25, -0.2) is 9.59 Å². The lowest BCUT2D eigenvalue weighted by Crippen LogP contribution is -2.31. The van der Waals surface area contributed by atoms with Gasteiger partial charge in [0.05, 0.1) is 25.9 Å². The predicted molar refractivity (Wildman–Crippen MR) is 115 cm³/mol. The number of fused-ring (bicyclic) bond motifs is 1. The first kappa shape index (κ1) is 23.0. The van der Waals surface area contributed by atoms with Crippen LogP contribution >= 0.6 is 0 Å². The normalized spacial score (nSPS) is 22.3. The summed E-state index contributed by atoms with van der Waals surface area (Å²) in [5, 5.41) is 0. The molecule has 3 rings (SSSR count). The molecule has 0 amide bonds. The van der Waals surface area contributed by atoms with E-state index in [9.17, 15) is 9.59 Å². The second-order valence-corrected chi connectivity index (χ2v) is 7.51. The molecule has 0 N–H and O–H groups in total. The Morgan fingerprint density at radius 2 is 1.81 bits per heavy atom. The summed E-state index contributed by atoms with van der Waals surface area (Å²) in [6, 6.07) is 7.53. The van der Waals surface area contributed by atoms with E-state index >= 15 is 0 Å². The second kappa shape index (κ2) is 12.3. The van der Waals surface area contributed by atoms with Gasteiger partial charge in [0.15, 0.2) is 6.10 Å². The van der Waals surface area contributed by atoms with Gasteiger partial charge in [0.25, 0.3) is 0 Å². The Balaban J connectivity index is 1.28. The van der Waals surface area contributed by atoms with Crippen LogP contribution in [0.25, 0.3) is 6.08 Å². The van der Waals surface area contributed by atoms with Crippen molar-refractivity contribution in [2.45, 2.75) is 50.4 Å². The summed E-state index contributed by atoms with van der Waals surface area (Å²) in [6.07, 6.45) is 8.51. The van der Waals surface area contributed by atoms with Gasteiger partial charge in [-0.2, -0.15) is 0 Å². The molecule has 0 radical (unpaired) electrons. The maximum atomic E-state index is 12.1. The lowest BCUT2D eigenvalue weighted by Gasteiger charge is -2.15. The van der Waals surface area contributed by atoms with E-state index in [2.05, 4.69) is 6.58 Å². The average Bonchev–Trinajstić information content (AvgIpc) is 3.40. The first-order valence-electron chi connectivity index (χ1n) is 10.8. The summed E-state index contributed by atoms with van der Waals surface area (Å²) in [5.74, 6) is 0.00949. The predicted octanol–water partition coefficient (Wildman–Crippen LogP) is 3.47. The molecule has 2 saturated heterocycles. The van der Waals surface area contributed by atoms with Gasteiger partial charge in [-0.05, 0) is 55.9 Å². The van der Waals surface area contributed by atoms with E-state index in [0.717, 1.165) is 43.4 Å². The highest BCUT2D eigenvalue weighted by Crippen LogP contribution is 2.28. The lowest BCUT2D eigenvalue weighted by molar-refractivity contribution is -0.147. The molecule has 7 heteroatoms. The summed E-state index contributed by atoms with van der Waals surface area (Å²) in [6.45, 7) is 5.46. The molecular weight excluding hydrogens is 400 g/mol. The molecule has 2 aliphatic rings. The maximum Gasteiger partial charge on any atom is 0.331 e. The van der Waals surface area contributed by atoms with Crippen LogP contribution in [0.3, 0.4) is 0 Å². The molecule has 31 heavy (non-hydrogen) atoms. The van der Waals surface area contributed by atoms with Gasteiger partial charge >= 0.3 is 11.9 Å². The molecule has 2 aliphatic heterocycles. The molecule has 2 heterocycles. The minimum absolute atomic E-state index is 0.0522. The van der Waals surface area contributed by atoms with Crippen LogP contribution in [0.2, 0.25) is 0 Å². The Labute approximate surface area is 183 Å². The van der Waals surface area contributed by atoms with Gasteiger partial charge in [0.2, 0.25) is 0 Å². The molecule has 2 fully saturated rings. The highest BCUT2D eigenvalue weighted by atomic mass is 16.6. The SMILES string of the molecule is C=CC(=O)OCCCCCCOc1ccc(/C=C/C(=O)O[C@@H]2COC3CCOC32)cc1. The van der Waals surface area contributed by atoms with Crippen molar-refractivity contribution in [2.75, 3.05) is 26.4 Å². The van der Waals surface area contributed by atoms with Crippen LogP contribution in [0.15, 0.2) is 43.0 Å². The van der Waals surface area contributed by atoms with Crippen LogP contribution in [0.5, 0.6) is 5.75 Å². The molecule has 0 spiro atoms. The molecule has 0 saturated carbocycles. The van der Waals surface area contributed by atoms with E-state index in [4.69, 9.17) is 23.7 Å². The fourth-order valence-corrected chi connectivity index (χ4v) is 3.54. The van der Waals surface area contributed by atoms with Crippen LogP contribution in [-0.2, 0) is 28.5 Å². The minimum Gasteiger partial charge on any atom is -0.494 e. The fraction of sp³-hybridized carbons (Fsp3) is 0.500. The smallest absolute Gasteiger partial charge is 0.331 e. The summed E-state index contributed by atoms with van der Waals surface area (Å²) in [7, 11) is 0. The molecule has 168 valence electrons. The average molecular weight is 430 g/mol. The Morgan fingerprint density at radius 1 is 1.03 bits per heavy atom. The van der Waals surface area contributed by atoms with Crippen molar-refractivity contribution in [1.29, 1.82) is 0 Å². The number of rotatable bonds is 12. The highest BCUT2D eigenvalue weighted by molar-refractivity contribution is 5.87. The summed E-state index contributed by atoms with van der Waals surface area (Å²) in [5.41, 5.74) is 0.885. The summed E-state index contributed by atoms with van der Waals surface area (Å²) in [4.78, 5) is 23.0. The first-order chi connectivity index (χ1) is 15.2. The maximum absolute atomic E-state index is 12.1. The van der Waals surface area contributed by atoms with Crippen molar-refractivity contribution in [3.8, 4) is 5.75 Å². The second-order valence-electron chi connectivity index (χ2n) is 7.51. The van der Waals surface area contributed by atoms with Crippen molar-refractivity contribution < 1.29 is 33.3 Å². The Morgan fingerprint density at radius 3 is 2.58 bits per heavy atom. The molecule has 3 atom stereocenters. The molecule has 2 unspecified atom stereocenters. The topological polar surface area (TPSA) is 80.3 Å². The standard InChI is InChI=1S/C24H30O7/c1-2-22(25)28-15-6-4-3-5-14-27-19-10-7-18(8-11-19)9-12-23(26)31-21-17-30-20-13-16-29-24(20)21/h2,7-12,20-21,24H,1,3-6,13-17H2/b12-9+/t20?,21-,24?/m1/s1. The van der Waals surface area contributed by atoms with E-state index in [-0.39, 0.29) is 24.3 Å². The number of carbonyl (C=O) groups excluding carboxylic acids is 2. The van der Waals surface area contributed by atoms with Crippen LogP contribution in [-0.4, -0.2) is 56.7 Å². The van der Waals surface area contributed by atoms with Crippen LogP contribution in [0.4, 0.5) is 0 Å². The summed E-state index contributed by atoms with van der Waals surface area (Å²) < 4.78 is 27.3.